The van der Waals surface area contributed by atoms with Gasteiger partial charge >= 0.3 is 0 Å². The Bertz CT molecular complexity index is 2710. The molecule has 0 amide bonds. The molecule has 9 aromatic rings. The van der Waals surface area contributed by atoms with Crippen molar-refractivity contribution < 1.29 is 0 Å². The predicted molar refractivity (Wildman–Crippen MR) is 211 cm³/mol. The van der Waals surface area contributed by atoms with Crippen LogP contribution in [0.5, 0.6) is 0 Å². The van der Waals surface area contributed by atoms with Gasteiger partial charge in [-0.05, 0) is 139 Å². The first-order valence-electron chi connectivity index (χ1n) is 17.1. The number of benzene rings is 7. The van der Waals surface area contributed by atoms with E-state index in [1.165, 1.54) is 76.8 Å². The van der Waals surface area contributed by atoms with Crippen LogP contribution in [0.2, 0.25) is 0 Å². The average Bonchev–Trinajstić information content (AvgIpc) is 3.17. The summed E-state index contributed by atoms with van der Waals surface area (Å²) in [5, 5.41) is 7.47. The second-order valence-corrected chi connectivity index (χ2v) is 13.1. The lowest BCUT2D eigenvalue weighted by Crippen LogP contribution is -1.95. The summed E-state index contributed by atoms with van der Waals surface area (Å²) in [5.74, 6) is 0. The molecule has 2 heterocycles. The maximum Gasteiger partial charge on any atom is 0.0702 e. The molecule has 0 fully saturated rings. The summed E-state index contributed by atoms with van der Waals surface area (Å²) >= 11 is 0. The molecule has 2 aromatic heterocycles. The molecule has 236 valence electrons. The second-order valence-electron chi connectivity index (χ2n) is 13.1. The molecule has 0 spiro atoms. The first kappa shape index (κ1) is 29.7. The highest BCUT2D eigenvalue weighted by Crippen LogP contribution is 2.47. The smallest absolute Gasteiger partial charge is 0.0702 e. The number of rotatable bonds is 5. The summed E-state index contributed by atoms with van der Waals surface area (Å²) in [5.41, 5.74) is 14.1. The third-order valence-electron chi connectivity index (χ3n) is 10.0. The van der Waals surface area contributed by atoms with E-state index in [4.69, 9.17) is 0 Å². The lowest BCUT2D eigenvalue weighted by Gasteiger charge is -2.21. The molecule has 2 heteroatoms. The van der Waals surface area contributed by atoms with E-state index in [-0.39, 0.29) is 0 Å². The van der Waals surface area contributed by atoms with Crippen molar-refractivity contribution in [2.24, 2.45) is 0 Å². The van der Waals surface area contributed by atoms with Crippen molar-refractivity contribution in [2.75, 3.05) is 0 Å². The van der Waals surface area contributed by atoms with Crippen molar-refractivity contribution in [1.82, 2.24) is 9.97 Å². The fraction of sp³-hybridized carbons (Fsp3) is 0.0417. The Morgan fingerprint density at radius 3 is 1.40 bits per heavy atom. The van der Waals surface area contributed by atoms with Gasteiger partial charge in [-0.3, -0.25) is 9.97 Å². The summed E-state index contributed by atoms with van der Waals surface area (Å²) < 4.78 is 0. The molecule has 0 atom stereocenters. The van der Waals surface area contributed by atoms with E-state index >= 15 is 0 Å². The minimum atomic E-state index is 0.982. The molecule has 50 heavy (non-hydrogen) atoms. The summed E-state index contributed by atoms with van der Waals surface area (Å²) in [7, 11) is 0. The zero-order valence-corrected chi connectivity index (χ0v) is 28.1. The number of hydrogen-bond donors (Lipinski definition) is 0. The molecule has 7 aromatic carbocycles. The summed E-state index contributed by atoms with van der Waals surface area (Å²) in [4.78, 5) is 9.26. The predicted octanol–water partition coefficient (Wildman–Crippen LogP) is 12.9. The van der Waals surface area contributed by atoms with Crippen molar-refractivity contribution in [1.29, 1.82) is 0 Å². The number of fused-ring (bicyclic) bond motifs is 3. The Hall–Kier alpha value is -6.38. The van der Waals surface area contributed by atoms with Gasteiger partial charge in [-0.2, -0.15) is 0 Å². The van der Waals surface area contributed by atoms with Gasteiger partial charge in [-0.25, -0.2) is 0 Å². The Balaban J connectivity index is 1.33. The molecular weight excluding hydrogens is 605 g/mol. The average molecular weight is 639 g/mol. The van der Waals surface area contributed by atoms with E-state index in [2.05, 4.69) is 157 Å². The minimum Gasteiger partial charge on any atom is -0.256 e. The largest absolute Gasteiger partial charge is 0.256 e. The third-order valence-corrected chi connectivity index (χ3v) is 10.0. The molecule has 0 saturated heterocycles. The molecule has 2 nitrogen and oxygen atoms in total. The van der Waals surface area contributed by atoms with Gasteiger partial charge in [0.15, 0.2) is 0 Å². The van der Waals surface area contributed by atoms with Gasteiger partial charge in [-0.15, -0.1) is 0 Å². The van der Waals surface area contributed by atoms with E-state index in [9.17, 15) is 0 Å². The van der Waals surface area contributed by atoms with E-state index in [0.29, 0.717) is 0 Å². The van der Waals surface area contributed by atoms with Crippen LogP contribution in [-0.4, -0.2) is 9.97 Å². The van der Waals surface area contributed by atoms with Gasteiger partial charge in [0.25, 0.3) is 0 Å². The van der Waals surface area contributed by atoms with Crippen molar-refractivity contribution in [3.8, 4) is 55.9 Å². The van der Waals surface area contributed by atoms with Crippen LogP contribution in [0.15, 0.2) is 170 Å². The molecule has 0 N–H and O–H groups in total. The molecule has 0 aliphatic rings. The van der Waals surface area contributed by atoms with Crippen LogP contribution in [0.1, 0.15) is 11.1 Å². The van der Waals surface area contributed by atoms with Gasteiger partial charge in [0, 0.05) is 23.5 Å². The van der Waals surface area contributed by atoms with E-state index in [0.717, 1.165) is 22.5 Å². The monoisotopic (exact) mass is 638 g/mol. The quantitative estimate of drug-likeness (QED) is 0.175. The van der Waals surface area contributed by atoms with Crippen LogP contribution >= 0.6 is 0 Å². The van der Waals surface area contributed by atoms with Crippen LogP contribution in [-0.2, 0) is 0 Å². The first-order chi connectivity index (χ1) is 24.6. The number of pyridine rings is 2. The minimum absolute atomic E-state index is 0.982. The fourth-order valence-corrected chi connectivity index (χ4v) is 7.58. The Labute approximate surface area is 292 Å². The summed E-state index contributed by atoms with van der Waals surface area (Å²) in [6.07, 6.45) is 3.72. The topological polar surface area (TPSA) is 25.8 Å². The highest BCUT2D eigenvalue weighted by atomic mass is 14.7. The number of aromatic nitrogens is 2. The van der Waals surface area contributed by atoms with E-state index in [1.807, 2.05) is 36.7 Å². The van der Waals surface area contributed by atoms with E-state index < -0.39 is 0 Å². The van der Waals surface area contributed by atoms with Crippen LogP contribution in [0.4, 0.5) is 0 Å². The van der Waals surface area contributed by atoms with Crippen LogP contribution < -0.4 is 0 Å². The maximum absolute atomic E-state index is 4.63. The standard InChI is InChI=1S/C48H34N2/c1-31-27-37(45-15-7-9-25-49-45)20-22-39(31)47-41-13-5-6-14-42(41)48(40-23-21-38(28-32(40)2)46-16-8-10-26-50-46)44-30-36(19-24-43(44)47)35-18-17-33-11-3-4-12-34(33)29-35/h3-30H,1-2H3. The maximum atomic E-state index is 4.63. The lowest BCUT2D eigenvalue weighted by molar-refractivity contribution is 1.32. The fourth-order valence-electron chi connectivity index (χ4n) is 7.58. The van der Waals surface area contributed by atoms with Gasteiger partial charge in [0.1, 0.15) is 0 Å². The Morgan fingerprint density at radius 1 is 0.340 bits per heavy atom. The van der Waals surface area contributed by atoms with Crippen molar-refractivity contribution in [2.45, 2.75) is 13.8 Å². The molecule has 0 aliphatic carbocycles. The molecule has 0 aliphatic heterocycles. The van der Waals surface area contributed by atoms with Gasteiger partial charge < -0.3 is 0 Å². The van der Waals surface area contributed by atoms with E-state index in [1.54, 1.807) is 0 Å². The Kier molecular flexibility index (Phi) is 7.29. The molecule has 0 radical (unpaired) electrons. The van der Waals surface area contributed by atoms with Crippen LogP contribution in [0.3, 0.4) is 0 Å². The van der Waals surface area contributed by atoms with Crippen LogP contribution in [0, 0.1) is 13.8 Å². The molecule has 0 saturated carbocycles. The molecule has 0 bridgehead atoms. The van der Waals surface area contributed by atoms with Gasteiger partial charge in [-0.1, -0.05) is 109 Å². The lowest BCUT2D eigenvalue weighted by atomic mass is 9.82. The normalized spacial score (nSPS) is 11.4. The first-order valence-corrected chi connectivity index (χ1v) is 17.1. The summed E-state index contributed by atoms with van der Waals surface area (Å²) in [6.45, 7) is 4.45. The number of nitrogens with zero attached hydrogens (tertiary/aromatic N) is 2. The van der Waals surface area contributed by atoms with Crippen LogP contribution in [0.25, 0.3) is 88.2 Å². The molecule has 9 rings (SSSR count). The number of hydrogen-bond acceptors (Lipinski definition) is 2. The zero-order chi connectivity index (χ0) is 33.6. The van der Waals surface area contributed by atoms with Crippen molar-refractivity contribution in [3.63, 3.8) is 0 Å². The highest BCUT2D eigenvalue weighted by molar-refractivity contribution is 6.22. The van der Waals surface area contributed by atoms with Crippen molar-refractivity contribution in [3.05, 3.63) is 181 Å². The van der Waals surface area contributed by atoms with Gasteiger partial charge in [0.05, 0.1) is 11.4 Å². The highest BCUT2D eigenvalue weighted by Gasteiger charge is 2.20. The zero-order valence-electron chi connectivity index (χ0n) is 28.1. The molecule has 0 unspecified atom stereocenters. The third kappa shape index (κ3) is 5.14. The van der Waals surface area contributed by atoms with Gasteiger partial charge in [0.2, 0.25) is 0 Å². The SMILES string of the molecule is Cc1cc(-c2ccccn2)ccc1-c1c2ccccc2c(-c2ccc(-c3ccccn3)cc2C)c2cc(-c3ccc4ccccc4c3)ccc12. The van der Waals surface area contributed by atoms with Crippen molar-refractivity contribution >= 4 is 32.3 Å². The summed E-state index contributed by atoms with van der Waals surface area (Å²) in [6, 6.07) is 57.1. The molecular formula is C48H34N2. The Morgan fingerprint density at radius 2 is 0.820 bits per heavy atom. The number of aryl methyl sites for hydroxylation is 2. The second kappa shape index (κ2) is 12.3.